The van der Waals surface area contributed by atoms with Crippen molar-refractivity contribution in [2.75, 3.05) is 0 Å². The first-order valence-corrected chi connectivity index (χ1v) is 4.35. The topological polar surface area (TPSA) is 38.3 Å². The first kappa shape index (κ1) is 10.9. The number of nitrogens with one attached hydrogen (secondary N) is 1. The number of amides is 1. The molecule has 0 heterocycles. The summed E-state index contributed by atoms with van der Waals surface area (Å²) in [4.78, 5) is 11.0. The molecule has 1 amide bonds. The van der Waals surface area contributed by atoms with Crippen LogP contribution in [0.25, 0.3) is 0 Å². The minimum Gasteiger partial charge on any atom is -0.273 e. The fourth-order valence-corrected chi connectivity index (χ4v) is 0.916. The van der Waals surface area contributed by atoms with Gasteiger partial charge >= 0.3 is 0 Å². The van der Waals surface area contributed by atoms with Gasteiger partial charge in [0.25, 0.3) is 0 Å². The second-order valence-electron chi connectivity index (χ2n) is 2.63. The summed E-state index contributed by atoms with van der Waals surface area (Å²) in [6, 6.07) is 0. The Morgan fingerprint density at radius 1 is 1.73 bits per heavy atom. The number of rotatable bonds is 5. The summed E-state index contributed by atoms with van der Waals surface area (Å²) in [7, 11) is 1.98. The minimum absolute atomic E-state index is 0.0477. The lowest BCUT2D eigenvalue weighted by Gasteiger charge is -2.08. The highest BCUT2D eigenvalue weighted by Gasteiger charge is 2.10. The van der Waals surface area contributed by atoms with Gasteiger partial charge in [-0.15, -0.1) is 0 Å². The highest BCUT2D eigenvalue weighted by Crippen LogP contribution is 2.07. The summed E-state index contributed by atoms with van der Waals surface area (Å²) in [6.07, 6.45) is 3.14. The van der Waals surface area contributed by atoms with E-state index < -0.39 is 0 Å². The van der Waals surface area contributed by atoms with E-state index in [0.29, 0.717) is 0 Å². The molecule has 0 bridgehead atoms. The van der Waals surface area contributed by atoms with Gasteiger partial charge in [0.2, 0.25) is 5.91 Å². The number of hydroxylamine groups is 1. The van der Waals surface area contributed by atoms with Gasteiger partial charge in [-0.05, 0) is 6.42 Å². The molecule has 0 aliphatic carbocycles. The van der Waals surface area contributed by atoms with Crippen LogP contribution in [0.2, 0.25) is 0 Å². The van der Waals surface area contributed by atoms with Gasteiger partial charge < -0.3 is 0 Å². The van der Waals surface area contributed by atoms with Crippen LogP contribution in [-0.2, 0) is 9.42 Å². The maximum absolute atomic E-state index is 11.0. The van der Waals surface area contributed by atoms with Crippen LogP contribution in [0.4, 0.5) is 0 Å². The zero-order valence-corrected chi connectivity index (χ0v) is 8.25. The Bertz CT molecular complexity index is 119. The summed E-state index contributed by atoms with van der Waals surface area (Å²) < 4.78 is 4.42. The SMILES string of the molecule is CCCCC(C)C(=O)NOP. The van der Waals surface area contributed by atoms with E-state index in [9.17, 15) is 4.79 Å². The van der Waals surface area contributed by atoms with Crippen molar-refractivity contribution in [1.29, 1.82) is 0 Å². The van der Waals surface area contributed by atoms with Crippen LogP contribution < -0.4 is 5.48 Å². The quantitative estimate of drug-likeness (QED) is 0.512. The van der Waals surface area contributed by atoms with Gasteiger partial charge in [0, 0.05) is 15.4 Å². The van der Waals surface area contributed by atoms with E-state index in [0.717, 1.165) is 19.3 Å². The van der Waals surface area contributed by atoms with Crippen LogP contribution in [0.5, 0.6) is 0 Å². The average molecular weight is 177 g/mol. The molecular weight excluding hydrogens is 161 g/mol. The standard InChI is InChI=1S/C7H16NO2P/c1-3-4-5-6(2)7(9)8-10-11/h6H,3-5,11H2,1-2H3,(H,8,9). The Morgan fingerprint density at radius 2 is 2.36 bits per heavy atom. The van der Waals surface area contributed by atoms with E-state index >= 15 is 0 Å². The Kier molecular flexibility index (Phi) is 6.48. The molecule has 11 heavy (non-hydrogen) atoms. The van der Waals surface area contributed by atoms with Crippen molar-refractivity contribution in [3.8, 4) is 0 Å². The molecule has 0 aliphatic rings. The van der Waals surface area contributed by atoms with E-state index in [1.54, 1.807) is 0 Å². The monoisotopic (exact) mass is 177 g/mol. The second-order valence-corrected chi connectivity index (χ2v) is 2.86. The second kappa shape index (κ2) is 6.56. The fraction of sp³-hybridized carbons (Fsp3) is 0.857. The van der Waals surface area contributed by atoms with Crippen LogP contribution in [0.3, 0.4) is 0 Å². The average Bonchev–Trinajstić information content (AvgIpc) is 2.00. The van der Waals surface area contributed by atoms with Crippen LogP contribution in [-0.4, -0.2) is 5.91 Å². The number of carbonyl (C=O) groups excluding carboxylic acids is 1. The van der Waals surface area contributed by atoms with Crippen LogP contribution in [0.1, 0.15) is 33.1 Å². The van der Waals surface area contributed by atoms with Gasteiger partial charge in [0.1, 0.15) is 0 Å². The largest absolute Gasteiger partial charge is 0.273 e. The summed E-state index contributed by atoms with van der Waals surface area (Å²) in [5.74, 6) is 0.00366. The molecule has 0 spiro atoms. The predicted molar refractivity (Wildman–Crippen MR) is 47.6 cm³/mol. The number of hydrogen-bond acceptors (Lipinski definition) is 2. The maximum atomic E-state index is 11.0. The molecule has 0 aromatic heterocycles. The highest BCUT2D eigenvalue weighted by molar-refractivity contribution is 7.09. The van der Waals surface area contributed by atoms with Crippen molar-refractivity contribution in [3.63, 3.8) is 0 Å². The van der Waals surface area contributed by atoms with Crippen molar-refractivity contribution < 1.29 is 9.42 Å². The van der Waals surface area contributed by atoms with Crippen molar-refractivity contribution >= 4 is 15.4 Å². The third-order valence-electron chi connectivity index (χ3n) is 1.60. The van der Waals surface area contributed by atoms with Gasteiger partial charge in [-0.2, -0.15) is 0 Å². The molecule has 1 N–H and O–H groups in total. The van der Waals surface area contributed by atoms with Crippen molar-refractivity contribution in [2.45, 2.75) is 33.1 Å². The Morgan fingerprint density at radius 3 is 2.82 bits per heavy atom. The minimum atomic E-state index is -0.0477. The van der Waals surface area contributed by atoms with E-state index in [1.165, 1.54) is 0 Å². The smallest absolute Gasteiger partial charge is 0.246 e. The lowest BCUT2D eigenvalue weighted by atomic mass is 10.0. The fourth-order valence-electron chi connectivity index (χ4n) is 0.800. The first-order valence-electron chi connectivity index (χ1n) is 3.88. The van der Waals surface area contributed by atoms with Crippen molar-refractivity contribution in [1.82, 2.24) is 5.48 Å². The van der Waals surface area contributed by atoms with Crippen molar-refractivity contribution in [2.24, 2.45) is 5.92 Å². The highest BCUT2D eigenvalue weighted by atomic mass is 31.0. The third kappa shape index (κ3) is 5.16. The molecule has 4 heteroatoms. The molecule has 0 aliphatic heterocycles. The summed E-state index contributed by atoms with van der Waals surface area (Å²) in [5, 5.41) is 0. The molecule has 3 nitrogen and oxygen atoms in total. The normalized spacial score (nSPS) is 12.6. The Hall–Kier alpha value is -0.140. The molecule has 2 atom stereocenters. The van der Waals surface area contributed by atoms with Gasteiger partial charge in [0.05, 0.1) is 0 Å². The molecule has 0 fully saturated rings. The zero-order valence-electron chi connectivity index (χ0n) is 7.09. The number of unbranched alkanes of at least 4 members (excludes halogenated alkanes) is 1. The van der Waals surface area contributed by atoms with E-state index in [2.05, 4.69) is 17.0 Å². The van der Waals surface area contributed by atoms with Crippen LogP contribution in [0.15, 0.2) is 0 Å². The molecule has 0 aromatic carbocycles. The molecule has 0 aromatic rings. The molecule has 0 radical (unpaired) electrons. The van der Waals surface area contributed by atoms with Gasteiger partial charge in [-0.1, -0.05) is 26.7 Å². The van der Waals surface area contributed by atoms with Crippen LogP contribution >= 0.6 is 9.47 Å². The van der Waals surface area contributed by atoms with E-state index in [-0.39, 0.29) is 11.8 Å². The predicted octanol–water partition coefficient (Wildman–Crippen LogP) is 1.65. The van der Waals surface area contributed by atoms with E-state index in [1.807, 2.05) is 16.4 Å². The summed E-state index contributed by atoms with van der Waals surface area (Å²) in [6.45, 7) is 4.01. The summed E-state index contributed by atoms with van der Waals surface area (Å²) in [5.41, 5.74) is 2.28. The maximum Gasteiger partial charge on any atom is 0.246 e. The zero-order chi connectivity index (χ0) is 8.69. The van der Waals surface area contributed by atoms with Gasteiger partial charge in [-0.25, -0.2) is 5.48 Å². The molecule has 0 saturated heterocycles. The molecule has 0 saturated carbocycles. The molecule has 66 valence electrons. The van der Waals surface area contributed by atoms with Gasteiger partial charge in [-0.3, -0.25) is 9.42 Å². The molecule has 2 unspecified atom stereocenters. The van der Waals surface area contributed by atoms with Crippen molar-refractivity contribution in [3.05, 3.63) is 0 Å². The Balaban J connectivity index is 3.46. The number of hydrogen-bond donors (Lipinski definition) is 1. The molecule has 0 rings (SSSR count). The number of carbonyl (C=O) groups is 1. The Labute approximate surface area is 70.1 Å². The lowest BCUT2D eigenvalue weighted by molar-refractivity contribution is -0.130. The van der Waals surface area contributed by atoms with E-state index in [4.69, 9.17) is 0 Å². The summed E-state index contributed by atoms with van der Waals surface area (Å²) >= 11 is 0. The first-order chi connectivity index (χ1) is 5.22. The lowest BCUT2D eigenvalue weighted by Crippen LogP contribution is -2.26. The van der Waals surface area contributed by atoms with Crippen LogP contribution in [0, 0.1) is 5.92 Å². The van der Waals surface area contributed by atoms with Gasteiger partial charge in [0.15, 0.2) is 0 Å². The third-order valence-corrected chi connectivity index (χ3v) is 1.72. The molecular formula is C7H16NO2P.